The lowest BCUT2D eigenvalue weighted by molar-refractivity contribution is -0.137. The number of rotatable bonds is 4. The monoisotopic (exact) mass is 364 g/mol. The van der Waals surface area contributed by atoms with E-state index in [0.29, 0.717) is 17.9 Å². The molecule has 0 unspecified atom stereocenters. The number of aryl methyl sites for hydroxylation is 1. The second-order valence-corrected chi connectivity index (χ2v) is 5.76. The van der Waals surface area contributed by atoms with Crippen molar-refractivity contribution >= 4 is 23.2 Å². The first-order valence-electron chi connectivity index (χ1n) is 7.84. The molecular weight excluding hydrogens is 349 g/mol. The normalized spacial score (nSPS) is 13.4. The van der Waals surface area contributed by atoms with Crippen LogP contribution >= 0.6 is 0 Å². The van der Waals surface area contributed by atoms with Gasteiger partial charge in [-0.05, 0) is 36.2 Å². The highest BCUT2D eigenvalue weighted by atomic mass is 19.4. The minimum absolute atomic E-state index is 0.000217. The Bertz CT molecular complexity index is 850. The van der Waals surface area contributed by atoms with Crippen LogP contribution in [0.5, 0.6) is 5.75 Å². The first-order valence-corrected chi connectivity index (χ1v) is 7.84. The Balaban J connectivity index is 1.64. The fourth-order valence-electron chi connectivity index (χ4n) is 2.60. The Morgan fingerprint density at radius 3 is 2.73 bits per heavy atom. The van der Waals surface area contributed by atoms with Crippen LogP contribution in [-0.4, -0.2) is 18.4 Å². The molecule has 136 valence electrons. The molecular formula is C18H15F3N2O3. The smallest absolute Gasteiger partial charge is 0.418 e. The van der Waals surface area contributed by atoms with Gasteiger partial charge >= 0.3 is 6.18 Å². The van der Waals surface area contributed by atoms with E-state index in [2.05, 4.69) is 10.6 Å². The third kappa shape index (κ3) is 4.14. The van der Waals surface area contributed by atoms with Crippen molar-refractivity contribution < 1.29 is 27.5 Å². The molecule has 0 bridgehead atoms. The van der Waals surface area contributed by atoms with E-state index >= 15 is 0 Å². The maximum absolute atomic E-state index is 12.9. The number of benzene rings is 2. The van der Waals surface area contributed by atoms with E-state index in [1.807, 2.05) is 0 Å². The van der Waals surface area contributed by atoms with Gasteiger partial charge in [0.25, 0.3) is 5.91 Å². The number of halogens is 3. The lowest BCUT2D eigenvalue weighted by Gasteiger charge is -2.18. The summed E-state index contributed by atoms with van der Waals surface area (Å²) in [4.78, 5) is 23.4. The number of carbonyl (C=O) groups is 2. The predicted molar refractivity (Wildman–Crippen MR) is 89.0 cm³/mol. The number of anilines is 2. The van der Waals surface area contributed by atoms with Crippen LogP contribution in [0.25, 0.3) is 0 Å². The molecule has 0 atom stereocenters. The van der Waals surface area contributed by atoms with E-state index in [-0.39, 0.29) is 24.6 Å². The molecule has 1 aliphatic heterocycles. The minimum atomic E-state index is -4.54. The van der Waals surface area contributed by atoms with Crippen LogP contribution in [0.4, 0.5) is 24.5 Å². The molecule has 8 heteroatoms. The molecule has 1 heterocycles. The van der Waals surface area contributed by atoms with Gasteiger partial charge in [0.1, 0.15) is 5.75 Å². The molecule has 0 aliphatic carbocycles. The van der Waals surface area contributed by atoms with Crippen molar-refractivity contribution in [2.45, 2.75) is 19.0 Å². The highest BCUT2D eigenvalue weighted by Crippen LogP contribution is 2.34. The van der Waals surface area contributed by atoms with Gasteiger partial charge in [-0.25, -0.2) is 0 Å². The van der Waals surface area contributed by atoms with Gasteiger partial charge in [0.15, 0.2) is 6.61 Å². The SMILES string of the molecule is O=C1COc2ccc(CCC(=O)Nc3ccccc3C(F)(F)F)cc2N1. The van der Waals surface area contributed by atoms with Crippen molar-refractivity contribution in [3.8, 4) is 5.75 Å². The summed E-state index contributed by atoms with van der Waals surface area (Å²) in [5.41, 5.74) is 0.119. The van der Waals surface area contributed by atoms with Crippen molar-refractivity contribution in [1.29, 1.82) is 0 Å². The van der Waals surface area contributed by atoms with Gasteiger partial charge in [0.05, 0.1) is 16.9 Å². The highest BCUT2D eigenvalue weighted by Gasteiger charge is 2.33. The zero-order valence-corrected chi connectivity index (χ0v) is 13.5. The second kappa shape index (κ2) is 7.07. The summed E-state index contributed by atoms with van der Waals surface area (Å²) >= 11 is 0. The van der Waals surface area contributed by atoms with E-state index in [4.69, 9.17) is 4.74 Å². The number of hydrogen-bond donors (Lipinski definition) is 2. The van der Waals surface area contributed by atoms with Crippen molar-refractivity contribution in [3.05, 3.63) is 53.6 Å². The van der Waals surface area contributed by atoms with Gasteiger partial charge in [-0.1, -0.05) is 18.2 Å². The average molecular weight is 364 g/mol. The third-order valence-electron chi connectivity index (χ3n) is 3.82. The second-order valence-electron chi connectivity index (χ2n) is 5.76. The molecule has 0 spiro atoms. The number of nitrogens with one attached hydrogen (secondary N) is 2. The summed E-state index contributed by atoms with van der Waals surface area (Å²) in [6, 6.07) is 9.94. The van der Waals surface area contributed by atoms with Crippen molar-refractivity contribution in [2.75, 3.05) is 17.2 Å². The number of ether oxygens (including phenoxy) is 1. The fraction of sp³-hybridized carbons (Fsp3) is 0.222. The summed E-state index contributed by atoms with van der Waals surface area (Å²) in [6.45, 7) is -0.0482. The largest absolute Gasteiger partial charge is 0.482 e. The number of para-hydroxylation sites is 1. The third-order valence-corrected chi connectivity index (χ3v) is 3.82. The summed E-state index contributed by atoms with van der Waals surface area (Å²) < 4.78 is 44.1. The van der Waals surface area contributed by atoms with Gasteiger partial charge in [-0.2, -0.15) is 13.2 Å². The summed E-state index contributed by atoms with van der Waals surface area (Å²) in [7, 11) is 0. The Labute approximate surface area is 147 Å². The number of alkyl halides is 3. The number of carbonyl (C=O) groups excluding carboxylic acids is 2. The Kier molecular flexibility index (Phi) is 4.83. The van der Waals surface area contributed by atoms with Gasteiger partial charge in [0.2, 0.25) is 5.91 Å². The summed E-state index contributed by atoms with van der Waals surface area (Å²) in [6.07, 6.45) is -4.23. The van der Waals surface area contributed by atoms with Gasteiger partial charge in [0, 0.05) is 6.42 Å². The molecule has 5 nitrogen and oxygen atoms in total. The fourth-order valence-corrected chi connectivity index (χ4v) is 2.60. The molecule has 3 rings (SSSR count). The standard InChI is InChI=1S/C18H15F3N2O3/c19-18(20,21)12-3-1-2-4-13(12)22-16(24)8-6-11-5-7-15-14(9-11)23-17(25)10-26-15/h1-5,7,9H,6,8,10H2,(H,22,24)(H,23,25). The first kappa shape index (κ1) is 17.8. The van der Waals surface area contributed by atoms with Crippen LogP contribution in [-0.2, 0) is 22.2 Å². The van der Waals surface area contributed by atoms with Crippen LogP contribution in [0.15, 0.2) is 42.5 Å². The Morgan fingerprint density at radius 2 is 1.96 bits per heavy atom. The Morgan fingerprint density at radius 1 is 1.19 bits per heavy atom. The topological polar surface area (TPSA) is 67.4 Å². The van der Waals surface area contributed by atoms with E-state index in [1.165, 1.54) is 18.2 Å². The quantitative estimate of drug-likeness (QED) is 0.871. The predicted octanol–water partition coefficient (Wildman–Crippen LogP) is 3.61. The van der Waals surface area contributed by atoms with Crippen LogP contribution in [0, 0.1) is 0 Å². The minimum Gasteiger partial charge on any atom is -0.482 e. The first-order chi connectivity index (χ1) is 12.3. The lowest BCUT2D eigenvalue weighted by atomic mass is 10.1. The van der Waals surface area contributed by atoms with Crippen LogP contribution in [0.2, 0.25) is 0 Å². The van der Waals surface area contributed by atoms with Crippen LogP contribution in [0.3, 0.4) is 0 Å². The van der Waals surface area contributed by atoms with Crippen molar-refractivity contribution in [3.63, 3.8) is 0 Å². The molecule has 26 heavy (non-hydrogen) atoms. The molecule has 2 amide bonds. The molecule has 0 fully saturated rings. The maximum atomic E-state index is 12.9. The lowest BCUT2D eigenvalue weighted by Crippen LogP contribution is -2.25. The van der Waals surface area contributed by atoms with E-state index in [1.54, 1.807) is 18.2 Å². The van der Waals surface area contributed by atoms with Crippen LogP contribution in [0.1, 0.15) is 17.5 Å². The zero-order valence-electron chi connectivity index (χ0n) is 13.5. The molecule has 0 saturated heterocycles. The maximum Gasteiger partial charge on any atom is 0.418 e. The van der Waals surface area contributed by atoms with Crippen LogP contribution < -0.4 is 15.4 Å². The molecule has 0 aromatic heterocycles. The molecule has 2 aromatic rings. The number of amides is 2. The van der Waals surface area contributed by atoms with Gasteiger partial charge in [-0.15, -0.1) is 0 Å². The zero-order chi connectivity index (χ0) is 18.7. The molecule has 1 aliphatic rings. The number of fused-ring (bicyclic) bond motifs is 1. The highest BCUT2D eigenvalue weighted by molar-refractivity contribution is 5.95. The van der Waals surface area contributed by atoms with Crippen molar-refractivity contribution in [1.82, 2.24) is 0 Å². The van der Waals surface area contributed by atoms with E-state index in [9.17, 15) is 22.8 Å². The van der Waals surface area contributed by atoms with E-state index < -0.39 is 17.6 Å². The summed E-state index contributed by atoms with van der Waals surface area (Å²) in [5, 5.41) is 4.97. The molecule has 2 aromatic carbocycles. The van der Waals surface area contributed by atoms with Gasteiger partial charge < -0.3 is 15.4 Å². The summed E-state index contributed by atoms with van der Waals surface area (Å²) in [5.74, 6) is -0.257. The van der Waals surface area contributed by atoms with E-state index in [0.717, 1.165) is 11.6 Å². The molecule has 0 radical (unpaired) electrons. The van der Waals surface area contributed by atoms with Gasteiger partial charge in [-0.3, -0.25) is 9.59 Å². The molecule has 0 saturated carbocycles. The number of hydrogen-bond acceptors (Lipinski definition) is 3. The van der Waals surface area contributed by atoms with Crippen molar-refractivity contribution in [2.24, 2.45) is 0 Å². The average Bonchev–Trinajstić information content (AvgIpc) is 2.59. The molecule has 2 N–H and O–H groups in total. The Hall–Kier alpha value is -3.03.